The van der Waals surface area contributed by atoms with Crippen LogP contribution in [0.3, 0.4) is 0 Å². The summed E-state index contributed by atoms with van der Waals surface area (Å²) < 4.78 is 1.75. The van der Waals surface area contributed by atoms with E-state index in [9.17, 15) is 4.79 Å². The van der Waals surface area contributed by atoms with Crippen LogP contribution >= 0.6 is 0 Å². The molecule has 0 radical (unpaired) electrons. The smallest absolute Gasteiger partial charge is 0.232 e. The van der Waals surface area contributed by atoms with Crippen LogP contribution in [-0.4, -0.2) is 39.2 Å². The molecular formula is C18H24N6O. The quantitative estimate of drug-likeness (QED) is 0.890. The van der Waals surface area contributed by atoms with Crippen LogP contribution < -0.4 is 10.6 Å². The Morgan fingerprint density at radius 3 is 3.24 bits per heavy atom. The van der Waals surface area contributed by atoms with Crippen LogP contribution in [0.1, 0.15) is 32.6 Å². The average Bonchev–Trinajstić information content (AvgIpc) is 3.29. The number of aromatic nitrogens is 4. The van der Waals surface area contributed by atoms with Gasteiger partial charge in [-0.2, -0.15) is 0 Å². The third kappa shape index (κ3) is 2.82. The first-order valence-corrected chi connectivity index (χ1v) is 9.12. The number of tetrazole rings is 1. The standard InChI is InChI=1S/C18H24N6O/c1-2-24-16(21-22-23-24)13-6-5-8-15(10-13)20-17(25)18-9-4-3-7-14(18)11-19-12-18/h5-6,8,10,14,19H,2-4,7,9,11-12H2,1H3,(H,20,25)/t14-,18+/m0/s1. The van der Waals surface area contributed by atoms with E-state index in [1.165, 1.54) is 6.42 Å². The Morgan fingerprint density at radius 1 is 1.44 bits per heavy atom. The van der Waals surface area contributed by atoms with Gasteiger partial charge in [-0.1, -0.05) is 25.0 Å². The van der Waals surface area contributed by atoms with Crippen molar-refractivity contribution in [2.75, 3.05) is 18.4 Å². The third-order valence-electron chi connectivity index (χ3n) is 5.70. The highest BCUT2D eigenvalue weighted by Crippen LogP contribution is 2.44. The summed E-state index contributed by atoms with van der Waals surface area (Å²) in [7, 11) is 0. The van der Waals surface area contributed by atoms with Gasteiger partial charge in [0.1, 0.15) is 0 Å². The summed E-state index contributed by atoms with van der Waals surface area (Å²) in [6.45, 7) is 4.45. The number of fused-ring (bicyclic) bond motifs is 1. The van der Waals surface area contributed by atoms with E-state index in [4.69, 9.17) is 0 Å². The van der Waals surface area contributed by atoms with Crippen LogP contribution in [0.4, 0.5) is 5.69 Å². The number of carbonyl (C=O) groups is 1. The molecule has 1 aliphatic carbocycles. The fourth-order valence-corrected chi connectivity index (χ4v) is 4.31. The molecule has 7 heteroatoms. The van der Waals surface area contributed by atoms with Gasteiger partial charge in [-0.3, -0.25) is 4.79 Å². The van der Waals surface area contributed by atoms with Crippen molar-refractivity contribution in [1.82, 2.24) is 25.5 Å². The van der Waals surface area contributed by atoms with Crippen molar-refractivity contribution in [3.63, 3.8) is 0 Å². The van der Waals surface area contributed by atoms with Gasteiger partial charge in [-0.05, 0) is 54.8 Å². The van der Waals surface area contributed by atoms with Gasteiger partial charge in [-0.15, -0.1) is 5.10 Å². The van der Waals surface area contributed by atoms with Gasteiger partial charge < -0.3 is 10.6 Å². The van der Waals surface area contributed by atoms with Crippen LogP contribution in [0.25, 0.3) is 11.4 Å². The van der Waals surface area contributed by atoms with Gasteiger partial charge in [-0.25, -0.2) is 4.68 Å². The zero-order valence-electron chi connectivity index (χ0n) is 14.5. The second-order valence-electron chi connectivity index (χ2n) is 7.08. The Balaban J connectivity index is 1.57. The van der Waals surface area contributed by atoms with Gasteiger partial charge in [0.25, 0.3) is 0 Å². The number of nitrogens with one attached hydrogen (secondary N) is 2. The highest BCUT2D eigenvalue weighted by Gasteiger charge is 2.49. The first-order chi connectivity index (χ1) is 12.2. The van der Waals surface area contributed by atoms with E-state index in [0.29, 0.717) is 12.5 Å². The van der Waals surface area contributed by atoms with E-state index < -0.39 is 0 Å². The Morgan fingerprint density at radius 2 is 2.36 bits per heavy atom. The molecule has 2 fully saturated rings. The summed E-state index contributed by atoms with van der Waals surface area (Å²) >= 11 is 0. The summed E-state index contributed by atoms with van der Waals surface area (Å²) in [5, 5.41) is 18.4. The maximum atomic E-state index is 13.1. The van der Waals surface area contributed by atoms with Crippen molar-refractivity contribution in [3.8, 4) is 11.4 Å². The van der Waals surface area contributed by atoms with Crippen LogP contribution in [-0.2, 0) is 11.3 Å². The summed E-state index contributed by atoms with van der Waals surface area (Å²) in [5.74, 6) is 1.32. The molecule has 7 nitrogen and oxygen atoms in total. The number of anilines is 1. The number of hydrogen-bond donors (Lipinski definition) is 2. The number of carbonyl (C=O) groups excluding carboxylic acids is 1. The lowest BCUT2D eigenvalue weighted by atomic mass is 9.67. The molecule has 1 aromatic heterocycles. The minimum Gasteiger partial charge on any atom is -0.326 e. The molecule has 1 saturated heterocycles. The van der Waals surface area contributed by atoms with E-state index in [1.807, 2.05) is 31.2 Å². The number of rotatable bonds is 4. The minimum absolute atomic E-state index is 0.148. The van der Waals surface area contributed by atoms with Gasteiger partial charge in [0.2, 0.25) is 5.91 Å². The molecule has 0 bridgehead atoms. The molecule has 1 aromatic carbocycles. The molecule has 0 unspecified atom stereocenters. The summed E-state index contributed by atoms with van der Waals surface area (Å²) in [6, 6.07) is 7.78. The molecule has 1 aliphatic heterocycles. The Labute approximate surface area is 147 Å². The van der Waals surface area contributed by atoms with Crippen molar-refractivity contribution < 1.29 is 4.79 Å². The molecule has 2 heterocycles. The van der Waals surface area contributed by atoms with Crippen LogP contribution in [0.2, 0.25) is 0 Å². The number of aryl methyl sites for hydroxylation is 1. The average molecular weight is 340 g/mol. The number of hydrogen-bond acceptors (Lipinski definition) is 5. The second-order valence-corrected chi connectivity index (χ2v) is 7.08. The van der Waals surface area contributed by atoms with Crippen LogP contribution in [0, 0.1) is 11.3 Å². The number of nitrogens with zero attached hydrogens (tertiary/aromatic N) is 4. The highest BCUT2D eigenvalue weighted by molar-refractivity contribution is 5.96. The molecule has 2 N–H and O–H groups in total. The van der Waals surface area contributed by atoms with Crippen molar-refractivity contribution in [2.45, 2.75) is 39.2 Å². The van der Waals surface area contributed by atoms with Crippen LogP contribution in [0.15, 0.2) is 24.3 Å². The number of benzene rings is 1. The molecule has 0 spiro atoms. The maximum absolute atomic E-state index is 13.1. The molecular weight excluding hydrogens is 316 g/mol. The lowest BCUT2D eigenvalue weighted by Crippen LogP contribution is -2.44. The second kappa shape index (κ2) is 6.55. The molecule has 2 atom stereocenters. The van der Waals surface area contributed by atoms with Crippen molar-refractivity contribution in [2.24, 2.45) is 11.3 Å². The summed E-state index contributed by atoms with van der Waals surface area (Å²) in [4.78, 5) is 13.1. The minimum atomic E-state index is -0.251. The van der Waals surface area contributed by atoms with Crippen molar-refractivity contribution in [1.29, 1.82) is 0 Å². The summed E-state index contributed by atoms with van der Waals surface area (Å²) in [6.07, 6.45) is 4.49. The van der Waals surface area contributed by atoms with Gasteiger partial charge in [0.05, 0.1) is 5.41 Å². The van der Waals surface area contributed by atoms with E-state index in [-0.39, 0.29) is 11.3 Å². The van der Waals surface area contributed by atoms with E-state index in [1.54, 1.807) is 4.68 Å². The fraction of sp³-hybridized carbons (Fsp3) is 0.556. The normalized spacial score (nSPS) is 25.6. The van der Waals surface area contributed by atoms with Crippen LogP contribution in [0.5, 0.6) is 0 Å². The van der Waals surface area contributed by atoms with E-state index in [2.05, 4.69) is 26.2 Å². The molecule has 4 rings (SSSR count). The predicted molar refractivity (Wildman–Crippen MR) is 94.8 cm³/mol. The van der Waals surface area contributed by atoms with Gasteiger partial charge in [0.15, 0.2) is 5.82 Å². The van der Waals surface area contributed by atoms with E-state index in [0.717, 1.165) is 49.4 Å². The topological polar surface area (TPSA) is 84.7 Å². The maximum Gasteiger partial charge on any atom is 0.232 e. The number of amides is 1. The predicted octanol–water partition coefficient (Wildman–Crippen LogP) is 2.08. The Hall–Kier alpha value is -2.28. The Bertz CT molecular complexity index is 772. The SMILES string of the molecule is CCn1nnnc1-c1cccc(NC(=O)[C@@]23CCCC[C@H]2CNC3)c1. The highest BCUT2D eigenvalue weighted by atomic mass is 16.2. The molecule has 2 aromatic rings. The lowest BCUT2D eigenvalue weighted by molar-refractivity contribution is -0.128. The summed E-state index contributed by atoms with van der Waals surface area (Å²) in [5.41, 5.74) is 1.46. The van der Waals surface area contributed by atoms with Gasteiger partial charge in [0, 0.05) is 24.3 Å². The first kappa shape index (κ1) is 16.2. The molecule has 2 aliphatic rings. The molecule has 1 amide bonds. The molecule has 132 valence electrons. The first-order valence-electron chi connectivity index (χ1n) is 9.12. The third-order valence-corrected chi connectivity index (χ3v) is 5.70. The zero-order chi connectivity index (χ0) is 17.3. The molecule has 25 heavy (non-hydrogen) atoms. The van der Waals surface area contributed by atoms with E-state index >= 15 is 0 Å². The molecule has 1 saturated carbocycles. The zero-order valence-corrected chi connectivity index (χ0v) is 14.5. The fourth-order valence-electron chi connectivity index (χ4n) is 4.31. The van der Waals surface area contributed by atoms with Crippen molar-refractivity contribution >= 4 is 11.6 Å². The van der Waals surface area contributed by atoms with Crippen molar-refractivity contribution in [3.05, 3.63) is 24.3 Å². The van der Waals surface area contributed by atoms with Gasteiger partial charge >= 0.3 is 0 Å². The largest absolute Gasteiger partial charge is 0.326 e. The lowest BCUT2D eigenvalue weighted by Gasteiger charge is -2.37. The Kier molecular flexibility index (Phi) is 4.25. The monoisotopic (exact) mass is 340 g/mol.